The fraction of sp³-hybridized carbons (Fsp3) is 0.250. The molecular formula is C8H10N2O5S. The smallest absolute Gasteiger partial charge is 0.312 e. The Kier molecular flexibility index (Phi) is 3.33. The number of hydrogen-bond donors (Lipinski definition) is 1. The Morgan fingerprint density at radius 3 is 2.50 bits per heavy atom. The summed E-state index contributed by atoms with van der Waals surface area (Å²) in [6.07, 6.45) is 0.961. The van der Waals surface area contributed by atoms with Crippen LogP contribution in [0.5, 0.6) is 5.75 Å². The summed E-state index contributed by atoms with van der Waals surface area (Å²) in [6, 6.07) is 3.80. The molecule has 1 rings (SSSR count). The molecule has 1 aromatic carbocycles. The summed E-state index contributed by atoms with van der Waals surface area (Å²) >= 11 is 0. The standard InChI is InChI=1S/C8H10N2O5S/c1-15-8-4-3-6(9-16(2,13)14)5-7(8)10(11)12/h3-5,9H,1-2H3. The lowest BCUT2D eigenvalue weighted by Gasteiger charge is -2.05. The van der Waals surface area contributed by atoms with Gasteiger partial charge in [0.05, 0.1) is 24.0 Å². The van der Waals surface area contributed by atoms with E-state index in [1.807, 2.05) is 0 Å². The summed E-state index contributed by atoms with van der Waals surface area (Å²) in [5, 5.41) is 10.6. The zero-order chi connectivity index (χ0) is 12.3. The normalized spacial score (nSPS) is 10.9. The third-order valence-corrected chi connectivity index (χ3v) is 2.29. The fourth-order valence-corrected chi connectivity index (χ4v) is 1.67. The average Bonchev–Trinajstić information content (AvgIpc) is 2.15. The number of nitro groups is 1. The zero-order valence-electron chi connectivity index (χ0n) is 8.63. The lowest BCUT2D eigenvalue weighted by Crippen LogP contribution is -2.09. The molecule has 7 nitrogen and oxygen atoms in total. The topological polar surface area (TPSA) is 98.5 Å². The number of nitrogens with one attached hydrogen (secondary N) is 1. The van der Waals surface area contributed by atoms with E-state index in [0.717, 1.165) is 12.3 Å². The van der Waals surface area contributed by atoms with Gasteiger partial charge in [-0.15, -0.1) is 0 Å². The molecule has 0 amide bonds. The molecule has 0 aromatic heterocycles. The second-order valence-corrected chi connectivity index (χ2v) is 4.77. The van der Waals surface area contributed by atoms with Crippen LogP contribution in [0.4, 0.5) is 11.4 Å². The first-order valence-corrected chi connectivity index (χ1v) is 6.03. The maximum Gasteiger partial charge on any atom is 0.312 e. The van der Waals surface area contributed by atoms with Gasteiger partial charge in [-0.1, -0.05) is 0 Å². The lowest BCUT2D eigenvalue weighted by molar-refractivity contribution is -0.385. The van der Waals surface area contributed by atoms with Gasteiger partial charge in [0.1, 0.15) is 0 Å². The monoisotopic (exact) mass is 246 g/mol. The number of anilines is 1. The summed E-state index contributed by atoms with van der Waals surface area (Å²) in [5.74, 6) is 0.0732. The van der Waals surface area contributed by atoms with E-state index in [1.54, 1.807) is 0 Å². The zero-order valence-corrected chi connectivity index (χ0v) is 9.45. The maximum atomic E-state index is 10.9. The Morgan fingerprint density at radius 2 is 2.06 bits per heavy atom. The molecule has 8 heteroatoms. The average molecular weight is 246 g/mol. The SMILES string of the molecule is COc1ccc(NS(C)(=O)=O)cc1[N+](=O)[O-]. The van der Waals surface area contributed by atoms with Crippen LogP contribution in [0, 0.1) is 10.1 Å². The van der Waals surface area contributed by atoms with Crippen molar-refractivity contribution in [3.63, 3.8) is 0 Å². The highest BCUT2D eigenvalue weighted by Crippen LogP contribution is 2.29. The second-order valence-electron chi connectivity index (χ2n) is 3.02. The molecule has 0 saturated carbocycles. The van der Waals surface area contributed by atoms with Crippen molar-refractivity contribution in [2.75, 3.05) is 18.1 Å². The molecule has 0 spiro atoms. The van der Waals surface area contributed by atoms with Gasteiger partial charge in [0.15, 0.2) is 5.75 Å². The summed E-state index contributed by atoms with van der Waals surface area (Å²) in [7, 11) is -2.16. The fourth-order valence-electron chi connectivity index (χ4n) is 1.11. The van der Waals surface area contributed by atoms with E-state index < -0.39 is 14.9 Å². The number of nitro benzene ring substituents is 1. The van der Waals surface area contributed by atoms with Crippen LogP contribution in [0.1, 0.15) is 0 Å². The van der Waals surface area contributed by atoms with E-state index >= 15 is 0 Å². The quantitative estimate of drug-likeness (QED) is 0.630. The van der Waals surface area contributed by atoms with Crippen molar-refractivity contribution in [1.29, 1.82) is 0 Å². The van der Waals surface area contributed by atoms with Gasteiger partial charge in [0.2, 0.25) is 10.0 Å². The van der Waals surface area contributed by atoms with Crippen LogP contribution in [0.2, 0.25) is 0 Å². The minimum Gasteiger partial charge on any atom is -0.490 e. The molecule has 0 unspecified atom stereocenters. The lowest BCUT2D eigenvalue weighted by atomic mass is 10.2. The van der Waals surface area contributed by atoms with Gasteiger partial charge in [-0.05, 0) is 12.1 Å². The van der Waals surface area contributed by atoms with Gasteiger partial charge >= 0.3 is 5.69 Å². The molecule has 0 fully saturated rings. The Balaban J connectivity index is 3.17. The van der Waals surface area contributed by atoms with E-state index in [-0.39, 0.29) is 17.1 Å². The van der Waals surface area contributed by atoms with E-state index in [0.29, 0.717) is 0 Å². The molecule has 0 atom stereocenters. The summed E-state index contributed by atoms with van der Waals surface area (Å²) < 4.78 is 28.8. The van der Waals surface area contributed by atoms with Crippen molar-refractivity contribution in [3.8, 4) is 5.75 Å². The van der Waals surface area contributed by atoms with Gasteiger partial charge in [0, 0.05) is 6.07 Å². The van der Waals surface area contributed by atoms with Gasteiger partial charge in [0.25, 0.3) is 0 Å². The minimum absolute atomic E-state index is 0.0732. The van der Waals surface area contributed by atoms with Crippen LogP contribution in [0.3, 0.4) is 0 Å². The number of ether oxygens (including phenoxy) is 1. The number of benzene rings is 1. The van der Waals surface area contributed by atoms with E-state index in [9.17, 15) is 18.5 Å². The van der Waals surface area contributed by atoms with Gasteiger partial charge in [-0.2, -0.15) is 0 Å². The van der Waals surface area contributed by atoms with Crippen molar-refractivity contribution in [3.05, 3.63) is 28.3 Å². The number of rotatable bonds is 4. The third-order valence-electron chi connectivity index (χ3n) is 1.68. The first kappa shape index (κ1) is 12.2. The molecule has 1 aromatic rings. The summed E-state index contributed by atoms with van der Waals surface area (Å²) in [6.45, 7) is 0. The first-order chi connectivity index (χ1) is 7.33. The van der Waals surface area contributed by atoms with Crippen molar-refractivity contribution in [2.45, 2.75) is 0 Å². The molecule has 16 heavy (non-hydrogen) atoms. The van der Waals surface area contributed by atoms with Crippen molar-refractivity contribution >= 4 is 21.4 Å². The largest absolute Gasteiger partial charge is 0.490 e. The number of sulfonamides is 1. The van der Waals surface area contributed by atoms with Crippen LogP contribution in [-0.2, 0) is 10.0 Å². The second kappa shape index (κ2) is 4.35. The van der Waals surface area contributed by atoms with E-state index in [4.69, 9.17) is 4.74 Å². The van der Waals surface area contributed by atoms with E-state index in [1.165, 1.54) is 19.2 Å². The van der Waals surface area contributed by atoms with Crippen LogP contribution < -0.4 is 9.46 Å². The predicted molar refractivity (Wildman–Crippen MR) is 58.1 cm³/mol. The summed E-state index contributed by atoms with van der Waals surface area (Å²) in [4.78, 5) is 10.0. The van der Waals surface area contributed by atoms with Crippen molar-refractivity contribution in [1.82, 2.24) is 0 Å². The Labute approximate surface area is 92.2 Å². The Hall–Kier alpha value is -1.83. The predicted octanol–water partition coefficient (Wildman–Crippen LogP) is 0.975. The highest BCUT2D eigenvalue weighted by atomic mass is 32.2. The number of methoxy groups -OCH3 is 1. The van der Waals surface area contributed by atoms with Crippen LogP contribution in [0.25, 0.3) is 0 Å². The molecule has 0 aliphatic rings. The van der Waals surface area contributed by atoms with Crippen LogP contribution >= 0.6 is 0 Å². The molecule has 0 heterocycles. The molecule has 0 saturated heterocycles. The number of nitrogens with zero attached hydrogens (tertiary/aromatic N) is 1. The highest BCUT2D eigenvalue weighted by molar-refractivity contribution is 7.92. The summed E-state index contributed by atoms with van der Waals surface area (Å²) in [5.41, 5.74) is -0.175. The Morgan fingerprint density at radius 1 is 1.44 bits per heavy atom. The van der Waals surface area contributed by atoms with Crippen molar-refractivity contribution < 1.29 is 18.1 Å². The number of hydrogen-bond acceptors (Lipinski definition) is 5. The molecule has 1 N–H and O–H groups in total. The molecule has 0 bridgehead atoms. The van der Waals surface area contributed by atoms with E-state index in [2.05, 4.69) is 4.72 Å². The van der Waals surface area contributed by atoms with Crippen LogP contribution in [0.15, 0.2) is 18.2 Å². The highest BCUT2D eigenvalue weighted by Gasteiger charge is 2.16. The maximum absolute atomic E-state index is 10.9. The van der Waals surface area contributed by atoms with Crippen LogP contribution in [-0.4, -0.2) is 26.7 Å². The first-order valence-electron chi connectivity index (χ1n) is 4.13. The van der Waals surface area contributed by atoms with Gasteiger partial charge in [-0.3, -0.25) is 14.8 Å². The molecular weight excluding hydrogens is 236 g/mol. The van der Waals surface area contributed by atoms with Crippen molar-refractivity contribution in [2.24, 2.45) is 0 Å². The molecule has 88 valence electrons. The Bertz CT molecular complexity index is 511. The molecule has 0 aliphatic carbocycles. The molecule has 0 aliphatic heterocycles. The van der Waals surface area contributed by atoms with Gasteiger partial charge < -0.3 is 4.74 Å². The van der Waals surface area contributed by atoms with Gasteiger partial charge in [-0.25, -0.2) is 8.42 Å². The third kappa shape index (κ3) is 3.09. The minimum atomic E-state index is -3.45. The molecule has 0 radical (unpaired) electrons.